The Morgan fingerprint density at radius 2 is 2.04 bits per heavy atom. The van der Waals surface area contributed by atoms with E-state index >= 15 is 0 Å². The minimum Gasteiger partial charge on any atom is -0.454 e. The Morgan fingerprint density at radius 3 is 2.72 bits per heavy atom. The van der Waals surface area contributed by atoms with Crippen molar-refractivity contribution in [2.24, 2.45) is 0 Å². The van der Waals surface area contributed by atoms with Crippen LogP contribution in [0.3, 0.4) is 0 Å². The minimum atomic E-state index is -3.16. The van der Waals surface area contributed by atoms with E-state index in [1.54, 1.807) is 18.2 Å². The predicted molar refractivity (Wildman–Crippen MR) is 94.2 cm³/mol. The highest BCUT2D eigenvalue weighted by Gasteiger charge is 2.25. The van der Waals surface area contributed by atoms with Crippen molar-refractivity contribution in [1.29, 1.82) is 0 Å². The maximum Gasteiger partial charge on any atom is 0.244 e. The van der Waals surface area contributed by atoms with E-state index in [1.807, 2.05) is 0 Å². The highest BCUT2D eigenvalue weighted by atomic mass is 35.5. The van der Waals surface area contributed by atoms with Crippen LogP contribution in [0.4, 0.5) is 0 Å². The topological polar surface area (TPSA) is 84.9 Å². The number of nitrogens with one attached hydrogen (secondary N) is 1. The number of halogens is 1. The molecule has 2 heterocycles. The number of carbonyl (C=O) groups excluding carboxylic acids is 1. The molecule has 0 spiro atoms. The lowest BCUT2D eigenvalue weighted by Gasteiger charge is -2.30. The molecule has 136 valence electrons. The Bertz CT molecular complexity index is 801. The van der Waals surface area contributed by atoms with Crippen molar-refractivity contribution >= 4 is 33.6 Å². The summed E-state index contributed by atoms with van der Waals surface area (Å²) in [5, 5.41) is 3.33. The van der Waals surface area contributed by atoms with Gasteiger partial charge in [0.15, 0.2) is 11.5 Å². The van der Waals surface area contributed by atoms with Crippen molar-refractivity contribution in [3.8, 4) is 11.5 Å². The van der Waals surface area contributed by atoms with Crippen LogP contribution in [0.15, 0.2) is 18.2 Å². The number of benzene rings is 1. The first kappa shape index (κ1) is 18.0. The standard InChI is InChI=1S/C16H19ClN2O5S/c1-25(21,22)19-6-4-12(5-7-19)18-15(20)3-2-11-8-13(17)16-14(9-11)23-10-24-16/h2-3,8-9,12H,4-7,10H2,1H3,(H,18,20)/b3-2+. The predicted octanol–water partition coefficient (Wildman–Crippen LogP) is 1.62. The fraction of sp³-hybridized carbons (Fsp3) is 0.438. The van der Waals surface area contributed by atoms with E-state index < -0.39 is 10.0 Å². The van der Waals surface area contributed by atoms with Gasteiger partial charge in [-0.1, -0.05) is 11.6 Å². The summed E-state index contributed by atoms with van der Waals surface area (Å²) in [6.07, 6.45) is 5.47. The van der Waals surface area contributed by atoms with Crippen LogP contribution in [0, 0.1) is 0 Å². The van der Waals surface area contributed by atoms with Crippen LogP contribution >= 0.6 is 11.6 Å². The van der Waals surface area contributed by atoms with E-state index in [9.17, 15) is 13.2 Å². The van der Waals surface area contributed by atoms with Gasteiger partial charge in [0.05, 0.1) is 11.3 Å². The third-order valence-electron chi connectivity index (χ3n) is 4.15. The van der Waals surface area contributed by atoms with E-state index in [0.29, 0.717) is 42.5 Å². The second kappa shape index (κ2) is 7.23. The summed E-state index contributed by atoms with van der Waals surface area (Å²) < 4.78 is 34.9. The molecule has 25 heavy (non-hydrogen) atoms. The Morgan fingerprint density at radius 1 is 1.32 bits per heavy atom. The number of ether oxygens (including phenoxy) is 2. The van der Waals surface area contributed by atoms with E-state index in [-0.39, 0.29) is 18.7 Å². The second-order valence-corrected chi connectivity index (χ2v) is 8.40. The number of rotatable bonds is 4. The largest absolute Gasteiger partial charge is 0.454 e. The Balaban J connectivity index is 1.55. The highest BCUT2D eigenvalue weighted by Crippen LogP contribution is 2.40. The van der Waals surface area contributed by atoms with Crippen LogP contribution in [0.5, 0.6) is 11.5 Å². The van der Waals surface area contributed by atoms with Gasteiger partial charge in [0.1, 0.15) is 0 Å². The SMILES string of the molecule is CS(=O)(=O)N1CCC(NC(=O)/C=C/c2cc(Cl)c3c(c2)OCO3)CC1. The monoisotopic (exact) mass is 386 g/mol. The maximum atomic E-state index is 12.1. The van der Waals surface area contributed by atoms with Crippen LogP contribution in [-0.2, 0) is 14.8 Å². The number of piperidine rings is 1. The van der Waals surface area contributed by atoms with Gasteiger partial charge in [0.25, 0.3) is 0 Å². The van der Waals surface area contributed by atoms with Gasteiger partial charge in [0, 0.05) is 25.2 Å². The smallest absolute Gasteiger partial charge is 0.244 e. The third kappa shape index (κ3) is 4.45. The second-order valence-electron chi connectivity index (χ2n) is 6.01. The van der Waals surface area contributed by atoms with Gasteiger partial charge in [0.2, 0.25) is 22.7 Å². The molecule has 0 atom stereocenters. The van der Waals surface area contributed by atoms with Gasteiger partial charge in [-0.3, -0.25) is 4.79 Å². The first-order valence-corrected chi connectivity index (χ1v) is 10.1. The van der Waals surface area contributed by atoms with Crippen molar-refractivity contribution in [3.63, 3.8) is 0 Å². The summed E-state index contributed by atoms with van der Waals surface area (Å²) in [6, 6.07) is 3.42. The zero-order valence-electron chi connectivity index (χ0n) is 13.7. The van der Waals surface area contributed by atoms with Crippen molar-refractivity contribution < 1.29 is 22.7 Å². The summed E-state index contributed by atoms with van der Waals surface area (Å²) in [6.45, 7) is 0.978. The molecule has 0 bridgehead atoms. The first-order chi connectivity index (χ1) is 11.8. The molecule has 2 aliphatic heterocycles. The van der Waals surface area contributed by atoms with Crippen molar-refractivity contribution in [2.75, 3.05) is 26.1 Å². The molecule has 1 N–H and O–H groups in total. The molecular weight excluding hydrogens is 368 g/mol. The van der Waals surface area contributed by atoms with Crippen LogP contribution < -0.4 is 14.8 Å². The molecule has 2 aliphatic rings. The van der Waals surface area contributed by atoms with Gasteiger partial charge >= 0.3 is 0 Å². The fourth-order valence-electron chi connectivity index (χ4n) is 2.84. The van der Waals surface area contributed by atoms with E-state index in [2.05, 4.69) is 5.32 Å². The molecule has 0 radical (unpaired) electrons. The molecule has 1 amide bonds. The molecule has 0 unspecified atom stereocenters. The molecular formula is C16H19ClN2O5S. The molecule has 3 rings (SSSR count). The first-order valence-electron chi connectivity index (χ1n) is 7.86. The van der Waals surface area contributed by atoms with Crippen molar-refractivity contribution in [2.45, 2.75) is 18.9 Å². The van der Waals surface area contributed by atoms with Gasteiger partial charge in [-0.25, -0.2) is 12.7 Å². The number of sulfonamides is 1. The third-order valence-corrected chi connectivity index (χ3v) is 5.73. The molecule has 1 aromatic rings. The Hall–Kier alpha value is -1.77. The van der Waals surface area contributed by atoms with Crippen LogP contribution in [-0.4, -0.2) is 50.8 Å². The molecule has 0 aromatic heterocycles. The lowest BCUT2D eigenvalue weighted by molar-refractivity contribution is -0.117. The van der Waals surface area contributed by atoms with Gasteiger partial charge in [-0.2, -0.15) is 0 Å². The highest BCUT2D eigenvalue weighted by molar-refractivity contribution is 7.88. The number of carbonyl (C=O) groups is 1. The van der Waals surface area contributed by atoms with Crippen LogP contribution in [0.1, 0.15) is 18.4 Å². The summed E-state index contributed by atoms with van der Waals surface area (Å²) in [5.74, 6) is 0.841. The molecule has 7 nitrogen and oxygen atoms in total. The molecule has 1 fully saturated rings. The summed E-state index contributed by atoms with van der Waals surface area (Å²) in [4.78, 5) is 12.1. The molecule has 0 aliphatic carbocycles. The number of nitrogens with zero attached hydrogens (tertiary/aromatic N) is 1. The average molecular weight is 387 g/mol. The molecule has 1 aromatic carbocycles. The average Bonchev–Trinajstić information content (AvgIpc) is 3.02. The lowest BCUT2D eigenvalue weighted by Crippen LogP contribution is -2.45. The van der Waals surface area contributed by atoms with Gasteiger partial charge in [-0.15, -0.1) is 0 Å². The number of fused-ring (bicyclic) bond motifs is 1. The normalized spacial score (nSPS) is 18.6. The zero-order valence-corrected chi connectivity index (χ0v) is 15.3. The van der Waals surface area contributed by atoms with Crippen molar-refractivity contribution in [3.05, 3.63) is 28.8 Å². The van der Waals surface area contributed by atoms with Gasteiger partial charge in [-0.05, 0) is 36.6 Å². The number of hydrogen-bond acceptors (Lipinski definition) is 5. The minimum absolute atomic E-state index is 0.0320. The number of hydrogen-bond donors (Lipinski definition) is 1. The van der Waals surface area contributed by atoms with E-state index in [1.165, 1.54) is 16.6 Å². The molecule has 9 heteroatoms. The zero-order chi connectivity index (χ0) is 18.0. The summed E-state index contributed by atoms with van der Waals surface area (Å²) in [7, 11) is -3.16. The van der Waals surface area contributed by atoms with Crippen LogP contribution in [0.2, 0.25) is 5.02 Å². The lowest BCUT2D eigenvalue weighted by atomic mass is 10.1. The Labute approximate surface area is 151 Å². The van der Waals surface area contributed by atoms with E-state index in [0.717, 1.165) is 5.56 Å². The Kier molecular flexibility index (Phi) is 5.21. The number of amides is 1. The molecule has 1 saturated heterocycles. The summed E-state index contributed by atoms with van der Waals surface area (Å²) >= 11 is 6.10. The quantitative estimate of drug-likeness (QED) is 0.795. The van der Waals surface area contributed by atoms with E-state index in [4.69, 9.17) is 21.1 Å². The maximum absolute atomic E-state index is 12.1. The van der Waals surface area contributed by atoms with Crippen molar-refractivity contribution in [1.82, 2.24) is 9.62 Å². The summed E-state index contributed by atoms with van der Waals surface area (Å²) in [5.41, 5.74) is 0.733. The van der Waals surface area contributed by atoms with Crippen LogP contribution in [0.25, 0.3) is 6.08 Å². The molecule has 0 saturated carbocycles. The van der Waals surface area contributed by atoms with Gasteiger partial charge < -0.3 is 14.8 Å². The fourth-order valence-corrected chi connectivity index (χ4v) is 3.98.